The van der Waals surface area contributed by atoms with E-state index in [4.69, 9.17) is 4.74 Å². The van der Waals surface area contributed by atoms with Gasteiger partial charge in [0.1, 0.15) is 5.69 Å². The zero-order valence-electron chi connectivity index (χ0n) is 13.6. The highest BCUT2D eigenvalue weighted by Crippen LogP contribution is 2.30. The molecule has 2 heterocycles. The zero-order valence-corrected chi connectivity index (χ0v) is 13.6. The van der Waals surface area contributed by atoms with Crippen LogP contribution in [0.3, 0.4) is 0 Å². The van der Waals surface area contributed by atoms with Crippen LogP contribution in [0.4, 0.5) is 5.69 Å². The molecule has 6 nitrogen and oxygen atoms in total. The molecule has 0 bridgehead atoms. The van der Waals surface area contributed by atoms with Crippen molar-refractivity contribution in [3.05, 3.63) is 46.9 Å². The molecule has 1 aromatic heterocycles. The lowest BCUT2D eigenvalue weighted by Gasteiger charge is -2.32. The van der Waals surface area contributed by atoms with E-state index in [1.807, 2.05) is 30.3 Å². The Balaban J connectivity index is 1.75. The molecule has 0 unspecified atom stereocenters. The molecule has 1 aromatic carbocycles. The lowest BCUT2D eigenvalue weighted by Crippen LogP contribution is -2.44. The molecule has 1 aliphatic heterocycles. The van der Waals surface area contributed by atoms with E-state index in [0.717, 1.165) is 50.4 Å². The number of aromatic nitrogens is 2. The molecule has 6 heteroatoms. The van der Waals surface area contributed by atoms with Gasteiger partial charge in [-0.1, -0.05) is 18.2 Å². The highest BCUT2D eigenvalue weighted by atomic mass is 16.5. The van der Waals surface area contributed by atoms with Gasteiger partial charge in [0.05, 0.1) is 18.0 Å². The largest absolute Gasteiger partial charge is 0.483 e. The Labute approximate surface area is 141 Å². The third-order valence-electron chi connectivity index (χ3n) is 4.71. The van der Waals surface area contributed by atoms with Crippen LogP contribution in [0.15, 0.2) is 41.3 Å². The second-order valence-corrected chi connectivity index (χ2v) is 6.32. The van der Waals surface area contributed by atoms with E-state index in [1.54, 1.807) is 6.20 Å². The third-order valence-corrected chi connectivity index (χ3v) is 4.71. The van der Waals surface area contributed by atoms with Gasteiger partial charge in [-0.2, -0.15) is 9.78 Å². The minimum Gasteiger partial charge on any atom is -0.483 e. The van der Waals surface area contributed by atoms with Crippen LogP contribution in [-0.2, 0) is 0 Å². The molecule has 2 aromatic rings. The Hall–Kier alpha value is -2.34. The van der Waals surface area contributed by atoms with Crippen molar-refractivity contribution in [1.82, 2.24) is 15.1 Å². The highest BCUT2D eigenvalue weighted by molar-refractivity contribution is 5.57. The first-order valence-electron chi connectivity index (χ1n) is 8.63. The SMILES string of the molecule is O=c1c(OC2CCC2)c(N2CCNCC2)cnn1-c1ccccc1. The van der Waals surface area contributed by atoms with E-state index in [0.29, 0.717) is 5.75 Å². The van der Waals surface area contributed by atoms with E-state index in [-0.39, 0.29) is 11.7 Å². The van der Waals surface area contributed by atoms with Gasteiger partial charge < -0.3 is 15.0 Å². The lowest BCUT2D eigenvalue weighted by molar-refractivity contribution is 0.118. The summed E-state index contributed by atoms with van der Waals surface area (Å²) < 4.78 is 7.52. The molecule has 1 saturated heterocycles. The van der Waals surface area contributed by atoms with Crippen molar-refractivity contribution in [2.45, 2.75) is 25.4 Å². The van der Waals surface area contributed by atoms with Crippen molar-refractivity contribution in [1.29, 1.82) is 0 Å². The molecule has 4 rings (SSSR count). The van der Waals surface area contributed by atoms with Gasteiger partial charge in [-0.15, -0.1) is 0 Å². The normalized spacial score (nSPS) is 18.2. The number of piperazine rings is 1. The minimum atomic E-state index is -0.177. The summed E-state index contributed by atoms with van der Waals surface area (Å²) in [5.41, 5.74) is 1.40. The minimum absolute atomic E-state index is 0.158. The Kier molecular flexibility index (Phi) is 4.21. The molecule has 1 saturated carbocycles. The Morgan fingerprint density at radius 2 is 1.88 bits per heavy atom. The van der Waals surface area contributed by atoms with Crippen molar-refractivity contribution >= 4 is 5.69 Å². The molecule has 0 spiro atoms. The number of hydrogen-bond donors (Lipinski definition) is 1. The van der Waals surface area contributed by atoms with Crippen LogP contribution in [0.2, 0.25) is 0 Å². The van der Waals surface area contributed by atoms with Crippen molar-refractivity contribution in [3.63, 3.8) is 0 Å². The molecular formula is C18H22N4O2. The topological polar surface area (TPSA) is 59.4 Å². The summed E-state index contributed by atoms with van der Waals surface area (Å²) in [7, 11) is 0. The van der Waals surface area contributed by atoms with Crippen LogP contribution < -0.4 is 20.5 Å². The van der Waals surface area contributed by atoms with E-state index >= 15 is 0 Å². The maximum atomic E-state index is 13.0. The van der Waals surface area contributed by atoms with Crippen LogP contribution in [0, 0.1) is 0 Å². The molecule has 1 N–H and O–H groups in total. The predicted molar refractivity (Wildman–Crippen MR) is 93.2 cm³/mol. The summed E-state index contributed by atoms with van der Waals surface area (Å²) in [4.78, 5) is 15.2. The van der Waals surface area contributed by atoms with Crippen molar-refractivity contribution in [3.8, 4) is 11.4 Å². The second kappa shape index (κ2) is 6.65. The highest BCUT2D eigenvalue weighted by Gasteiger charge is 2.26. The van der Waals surface area contributed by atoms with Crippen LogP contribution in [0.5, 0.6) is 5.75 Å². The first-order chi connectivity index (χ1) is 11.8. The van der Waals surface area contributed by atoms with Crippen LogP contribution in [0.25, 0.3) is 5.69 Å². The van der Waals surface area contributed by atoms with E-state index in [1.165, 1.54) is 11.1 Å². The summed E-state index contributed by atoms with van der Waals surface area (Å²) in [5, 5.41) is 7.73. The van der Waals surface area contributed by atoms with Gasteiger partial charge in [-0.25, -0.2) is 0 Å². The predicted octanol–water partition coefficient (Wildman–Crippen LogP) is 1.57. The first-order valence-corrected chi connectivity index (χ1v) is 8.63. The number of rotatable bonds is 4. The van der Waals surface area contributed by atoms with Crippen LogP contribution in [-0.4, -0.2) is 42.1 Å². The van der Waals surface area contributed by atoms with Crippen molar-refractivity contribution in [2.75, 3.05) is 31.1 Å². The fourth-order valence-corrected chi connectivity index (χ4v) is 3.08. The number of benzene rings is 1. The standard InChI is InChI=1S/C18H22N4O2/c23-18-17(24-15-7-4-8-15)16(21-11-9-19-10-12-21)13-20-22(18)14-5-2-1-3-6-14/h1-3,5-6,13,15,19H,4,7-12H2. The summed E-state index contributed by atoms with van der Waals surface area (Å²) in [6.07, 6.45) is 5.15. The molecule has 126 valence electrons. The maximum absolute atomic E-state index is 13.0. The van der Waals surface area contributed by atoms with Gasteiger partial charge in [-0.05, 0) is 31.4 Å². The average molecular weight is 326 g/mol. The summed E-state index contributed by atoms with van der Waals surface area (Å²) in [5.74, 6) is 0.445. The maximum Gasteiger partial charge on any atom is 0.316 e. The van der Waals surface area contributed by atoms with Gasteiger partial charge in [0.25, 0.3) is 0 Å². The third kappa shape index (κ3) is 2.89. The molecule has 0 atom stereocenters. The lowest BCUT2D eigenvalue weighted by atomic mass is 9.96. The molecule has 0 amide bonds. The number of nitrogens with zero attached hydrogens (tertiary/aromatic N) is 3. The Morgan fingerprint density at radius 3 is 2.54 bits per heavy atom. The van der Waals surface area contributed by atoms with E-state index in [9.17, 15) is 4.79 Å². The molecular weight excluding hydrogens is 304 g/mol. The molecule has 2 aliphatic rings. The zero-order chi connectivity index (χ0) is 16.4. The Morgan fingerprint density at radius 1 is 1.12 bits per heavy atom. The molecule has 0 radical (unpaired) electrons. The second-order valence-electron chi connectivity index (χ2n) is 6.32. The number of para-hydroxylation sites is 1. The van der Waals surface area contributed by atoms with Gasteiger partial charge in [0, 0.05) is 26.2 Å². The number of hydrogen-bond acceptors (Lipinski definition) is 5. The summed E-state index contributed by atoms with van der Waals surface area (Å²) in [6.45, 7) is 3.53. The van der Waals surface area contributed by atoms with Gasteiger partial charge in [0.2, 0.25) is 5.75 Å². The van der Waals surface area contributed by atoms with Crippen molar-refractivity contribution in [2.24, 2.45) is 0 Å². The van der Waals surface area contributed by atoms with Crippen molar-refractivity contribution < 1.29 is 4.74 Å². The fourth-order valence-electron chi connectivity index (χ4n) is 3.08. The quantitative estimate of drug-likeness (QED) is 0.924. The summed E-state index contributed by atoms with van der Waals surface area (Å²) in [6, 6.07) is 9.49. The number of ether oxygens (including phenoxy) is 1. The monoisotopic (exact) mass is 326 g/mol. The van der Waals surface area contributed by atoms with Gasteiger partial charge >= 0.3 is 5.56 Å². The van der Waals surface area contributed by atoms with Crippen LogP contribution >= 0.6 is 0 Å². The van der Waals surface area contributed by atoms with Gasteiger partial charge in [-0.3, -0.25) is 4.79 Å². The molecule has 24 heavy (non-hydrogen) atoms. The average Bonchev–Trinajstić information content (AvgIpc) is 2.60. The first kappa shape index (κ1) is 15.2. The fraction of sp³-hybridized carbons (Fsp3) is 0.444. The van der Waals surface area contributed by atoms with Gasteiger partial charge in [0.15, 0.2) is 0 Å². The van der Waals surface area contributed by atoms with Crippen LogP contribution in [0.1, 0.15) is 19.3 Å². The molecule has 1 aliphatic carbocycles. The molecule has 2 fully saturated rings. The van der Waals surface area contributed by atoms with E-state index in [2.05, 4.69) is 15.3 Å². The Bertz CT molecular complexity index is 749. The smallest absolute Gasteiger partial charge is 0.316 e. The number of nitrogens with one attached hydrogen (secondary N) is 1. The summed E-state index contributed by atoms with van der Waals surface area (Å²) >= 11 is 0. The number of anilines is 1. The van der Waals surface area contributed by atoms with E-state index < -0.39 is 0 Å².